The first-order valence-electron chi connectivity index (χ1n) is 10.1. The second kappa shape index (κ2) is 7.67. The van der Waals surface area contributed by atoms with Gasteiger partial charge in [-0.1, -0.05) is 37.5 Å². The maximum Gasteiger partial charge on any atom is 0.250 e. The summed E-state index contributed by atoms with van der Waals surface area (Å²) in [5.41, 5.74) is 7.78. The molecule has 1 saturated heterocycles. The highest BCUT2D eigenvalue weighted by atomic mass is 16.2. The number of aromatic nitrogens is 1. The van der Waals surface area contributed by atoms with E-state index in [-0.39, 0.29) is 11.8 Å². The van der Waals surface area contributed by atoms with Crippen LogP contribution in [0.5, 0.6) is 0 Å². The van der Waals surface area contributed by atoms with Crippen molar-refractivity contribution in [3.63, 3.8) is 0 Å². The van der Waals surface area contributed by atoms with E-state index in [9.17, 15) is 9.59 Å². The molecule has 2 aliphatic rings. The van der Waals surface area contributed by atoms with Crippen LogP contribution in [0.15, 0.2) is 30.3 Å². The first kappa shape index (κ1) is 18.0. The number of nitrogens with two attached hydrogens (primary N) is 1. The Bertz CT molecular complexity index is 858. The Hall–Kier alpha value is -2.43. The van der Waals surface area contributed by atoms with Crippen LogP contribution in [0.25, 0.3) is 10.9 Å². The monoisotopic (exact) mass is 365 g/mol. The zero-order valence-electron chi connectivity index (χ0n) is 15.7. The fourth-order valence-corrected chi connectivity index (χ4v) is 4.65. The van der Waals surface area contributed by atoms with Crippen LogP contribution in [0, 0.1) is 5.92 Å². The Kier molecular flexibility index (Phi) is 5.10. The number of amides is 2. The molecule has 2 N–H and O–H groups in total. The van der Waals surface area contributed by atoms with E-state index in [1.54, 1.807) is 0 Å². The zero-order valence-corrected chi connectivity index (χ0v) is 15.7. The second-order valence-electron chi connectivity index (χ2n) is 7.94. The van der Waals surface area contributed by atoms with E-state index in [0.29, 0.717) is 18.0 Å². The van der Waals surface area contributed by atoms with Crippen LogP contribution >= 0.6 is 0 Å². The number of benzene rings is 1. The van der Waals surface area contributed by atoms with Crippen molar-refractivity contribution in [1.82, 2.24) is 9.88 Å². The van der Waals surface area contributed by atoms with E-state index in [0.717, 1.165) is 61.7 Å². The summed E-state index contributed by atoms with van der Waals surface area (Å²) >= 11 is 0. The van der Waals surface area contributed by atoms with Gasteiger partial charge in [-0.15, -0.1) is 0 Å². The maximum atomic E-state index is 13.0. The molecule has 2 aromatic rings. The number of hydrogen-bond donors (Lipinski definition) is 1. The molecule has 142 valence electrons. The first-order chi connectivity index (χ1) is 13.1. The van der Waals surface area contributed by atoms with Crippen LogP contribution in [-0.2, 0) is 4.79 Å². The van der Waals surface area contributed by atoms with Crippen molar-refractivity contribution < 1.29 is 9.59 Å². The molecule has 0 spiro atoms. The van der Waals surface area contributed by atoms with Gasteiger partial charge in [0.15, 0.2) is 0 Å². The molecule has 5 nitrogen and oxygen atoms in total. The molecule has 5 heteroatoms. The van der Waals surface area contributed by atoms with Crippen molar-refractivity contribution in [3.05, 3.63) is 41.6 Å². The van der Waals surface area contributed by atoms with Crippen molar-refractivity contribution in [2.24, 2.45) is 11.7 Å². The van der Waals surface area contributed by atoms with Crippen LogP contribution in [0.3, 0.4) is 0 Å². The summed E-state index contributed by atoms with van der Waals surface area (Å²) in [6, 6.07) is 9.63. The van der Waals surface area contributed by atoms with E-state index >= 15 is 0 Å². The van der Waals surface area contributed by atoms with Gasteiger partial charge in [0.1, 0.15) is 0 Å². The zero-order chi connectivity index (χ0) is 18.8. The fourth-order valence-electron chi connectivity index (χ4n) is 4.65. The number of piperidine rings is 1. The van der Waals surface area contributed by atoms with Gasteiger partial charge in [0, 0.05) is 30.3 Å². The summed E-state index contributed by atoms with van der Waals surface area (Å²) in [6.45, 7) is 1.45. The Morgan fingerprint density at radius 3 is 2.59 bits per heavy atom. The Labute approximate surface area is 159 Å². The molecule has 27 heavy (non-hydrogen) atoms. The molecule has 4 rings (SSSR count). The predicted octanol–water partition coefficient (Wildman–Crippen LogP) is 3.62. The van der Waals surface area contributed by atoms with Crippen LogP contribution < -0.4 is 5.73 Å². The number of primary amides is 1. The van der Waals surface area contributed by atoms with Crippen molar-refractivity contribution in [2.75, 3.05) is 13.1 Å². The fraction of sp³-hybridized carbons (Fsp3) is 0.500. The third-order valence-corrected chi connectivity index (χ3v) is 6.09. The van der Waals surface area contributed by atoms with E-state index in [4.69, 9.17) is 10.7 Å². The van der Waals surface area contributed by atoms with E-state index in [2.05, 4.69) is 0 Å². The third-order valence-electron chi connectivity index (χ3n) is 6.09. The molecule has 1 aromatic heterocycles. The van der Waals surface area contributed by atoms with Gasteiger partial charge in [-0.2, -0.15) is 0 Å². The van der Waals surface area contributed by atoms with Gasteiger partial charge in [0.25, 0.3) is 5.91 Å². The van der Waals surface area contributed by atoms with Crippen molar-refractivity contribution >= 4 is 22.7 Å². The number of carbonyl (C=O) groups excluding carboxylic acids is 2. The second-order valence-corrected chi connectivity index (χ2v) is 7.94. The molecule has 0 unspecified atom stereocenters. The average Bonchev–Trinajstić information content (AvgIpc) is 2.73. The predicted molar refractivity (Wildman–Crippen MR) is 105 cm³/mol. The number of nitrogens with zero attached hydrogens (tertiary/aromatic N) is 2. The molecule has 2 amide bonds. The normalized spacial score (nSPS) is 21.3. The summed E-state index contributed by atoms with van der Waals surface area (Å²) in [5, 5.41) is 0.918. The lowest BCUT2D eigenvalue weighted by molar-refractivity contribution is -0.137. The van der Waals surface area contributed by atoms with Gasteiger partial charge in [0.2, 0.25) is 5.91 Å². The van der Waals surface area contributed by atoms with Crippen LogP contribution in [0.2, 0.25) is 0 Å². The largest absolute Gasteiger partial charge is 0.366 e. The minimum absolute atomic E-state index is 0.0680. The Morgan fingerprint density at radius 2 is 1.81 bits per heavy atom. The van der Waals surface area contributed by atoms with Gasteiger partial charge in [-0.25, -0.2) is 0 Å². The van der Waals surface area contributed by atoms with Crippen LogP contribution in [0.1, 0.15) is 66.9 Å². The summed E-state index contributed by atoms with van der Waals surface area (Å²) in [7, 11) is 0. The van der Waals surface area contributed by atoms with Crippen LogP contribution in [0.4, 0.5) is 0 Å². The lowest BCUT2D eigenvalue weighted by atomic mass is 9.86. The minimum Gasteiger partial charge on any atom is -0.366 e. The Morgan fingerprint density at radius 1 is 1.04 bits per heavy atom. The van der Waals surface area contributed by atoms with Crippen LogP contribution in [-0.4, -0.2) is 34.8 Å². The van der Waals surface area contributed by atoms with Gasteiger partial charge in [0.05, 0.1) is 16.8 Å². The molecule has 2 heterocycles. The minimum atomic E-state index is -0.445. The molecule has 1 aliphatic heterocycles. The Balaban J connectivity index is 1.61. The SMILES string of the molecule is NC(=O)c1cc2ccccc2nc1[C@@H]1CCCN(C(=O)C2CCCCC2)C1. The topological polar surface area (TPSA) is 76.3 Å². The number of pyridine rings is 1. The van der Waals surface area contributed by atoms with Gasteiger partial charge < -0.3 is 10.6 Å². The molecule has 1 aliphatic carbocycles. The molecule has 1 atom stereocenters. The lowest BCUT2D eigenvalue weighted by Crippen LogP contribution is -2.43. The standard InChI is InChI=1S/C22H27N3O2/c23-21(26)18-13-16-9-4-5-11-19(16)24-20(18)17-10-6-12-25(14-17)22(27)15-7-2-1-3-8-15/h4-5,9,11,13,15,17H,1-3,6-8,10,12,14H2,(H2,23,26)/t17-/m1/s1. The molecule has 1 aromatic carbocycles. The van der Waals surface area contributed by atoms with Gasteiger partial charge in [-0.05, 0) is 37.8 Å². The molecule has 1 saturated carbocycles. The van der Waals surface area contributed by atoms with E-state index in [1.807, 2.05) is 35.2 Å². The number of rotatable bonds is 3. The molecular weight excluding hydrogens is 338 g/mol. The average molecular weight is 365 g/mol. The van der Waals surface area contributed by atoms with Crippen molar-refractivity contribution in [2.45, 2.75) is 50.9 Å². The summed E-state index contributed by atoms with van der Waals surface area (Å²) in [6.07, 6.45) is 7.46. The number of hydrogen-bond acceptors (Lipinski definition) is 3. The van der Waals surface area contributed by atoms with Gasteiger partial charge in [-0.3, -0.25) is 14.6 Å². The highest BCUT2D eigenvalue weighted by Crippen LogP contribution is 2.32. The lowest BCUT2D eigenvalue weighted by Gasteiger charge is -2.36. The van der Waals surface area contributed by atoms with Crippen molar-refractivity contribution in [3.8, 4) is 0 Å². The molecule has 2 fully saturated rings. The van der Waals surface area contributed by atoms with Crippen molar-refractivity contribution in [1.29, 1.82) is 0 Å². The van der Waals surface area contributed by atoms with E-state index < -0.39 is 5.91 Å². The highest BCUT2D eigenvalue weighted by Gasteiger charge is 2.32. The summed E-state index contributed by atoms with van der Waals surface area (Å²) in [4.78, 5) is 31.8. The molecule has 0 radical (unpaired) electrons. The summed E-state index contributed by atoms with van der Waals surface area (Å²) < 4.78 is 0. The number of fused-ring (bicyclic) bond motifs is 1. The summed E-state index contributed by atoms with van der Waals surface area (Å²) in [5.74, 6) is 0.0934. The number of carbonyl (C=O) groups is 2. The first-order valence-corrected chi connectivity index (χ1v) is 10.1. The molecule has 0 bridgehead atoms. The quantitative estimate of drug-likeness (QED) is 0.902. The van der Waals surface area contributed by atoms with Gasteiger partial charge >= 0.3 is 0 Å². The number of para-hydroxylation sites is 1. The maximum absolute atomic E-state index is 13.0. The number of likely N-dealkylation sites (tertiary alicyclic amines) is 1. The molecular formula is C22H27N3O2. The highest BCUT2D eigenvalue weighted by molar-refractivity contribution is 5.97. The van der Waals surface area contributed by atoms with E-state index in [1.165, 1.54) is 6.42 Å². The smallest absolute Gasteiger partial charge is 0.250 e. The third kappa shape index (κ3) is 3.68.